The largest absolute Gasteiger partial charge is 0.481 e. The summed E-state index contributed by atoms with van der Waals surface area (Å²) >= 11 is 0. The molecule has 7 nitrogen and oxygen atoms in total. The molecule has 0 radical (unpaired) electrons. The van der Waals surface area contributed by atoms with Crippen molar-refractivity contribution in [3.63, 3.8) is 0 Å². The smallest absolute Gasteiger partial charge is 0.305 e. The average molecular weight is 348 g/mol. The summed E-state index contributed by atoms with van der Waals surface area (Å²) in [6.07, 6.45) is 1.79. The number of aliphatic hydroxyl groups excluding tert-OH is 3. The highest BCUT2D eigenvalue weighted by atomic mass is 16.7. The third-order valence-corrected chi connectivity index (χ3v) is 4.36. The van der Waals surface area contributed by atoms with Crippen molar-refractivity contribution in [2.45, 2.75) is 102 Å². The predicted octanol–water partition coefficient (Wildman–Crippen LogP) is 1.42. The summed E-state index contributed by atoms with van der Waals surface area (Å²) in [7, 11) is 0. The van der Waals surface area contributed by atoms with E-state index in [1.165, 1.54) is 0 Å². The predicted molar refractivity (Wildman–Crippen MR) is 87.5 cm³/mol. The van der Waals surface area contributed by atoms with Gasteiger partial charge in [-0.05, 0) is 26.7 Å². The summed E-state index contributed by atoms with van der Waals surface area (Å²) in [5.41, 5.74) is 0. The number of aliphatic carboxylic acids is 1. The van der Waals surface area contributed by atoms with Crippen LogP contribution in [0.25, 0.3) is 0 Å². The molecule has 142 valence electrons. The van der Waals surface area contributed by atoms with Gasteiger partial charge < -0.3 is 29.9 Å². The van der Waals surface area contributed by atoms with Crippen molar-refractivity contribution in [2.24, 2.45) is 0 Å². The molecule has 0 bridgehead atoms. The lowest BCUT2D eigenvalue weighted by Crippen LogP contribution is -2.48. The molecule has 0 aromatic carbocycles. The molecule has 1 fully saturated rings. The first-order valence-electron chi connectivity index (χ1n) is 8.86. The molecule has 7 heteroatoms. The van der Waals surface area contributed by atoms with E-state index in [0.717, 1.165) is 32.1 Å². The van der Waals surface area contributed by atoms with Gasteiger partial charge in [0, 0.05) is 6.42 Å². The van der Waals surface area contributed by atoms with Gasteiger partial charge in [-0.3, -0.25) is 4.79 Å². The van der Waals surface area contributed by atoms with Crippen LogP contribution in [-0.4, -0.2) is 63.2 Å². The fraction of sp³-hybridized carbons (Fsp3) is 0.941. The summed E-state index contributed by atoms with van der Waals surface area (Å²) in [5, 5.41) is 37.5. The van der Waals surface area contributed by atoms with Crippen molar-refractivity contribution in [1.29, 1.82) is 0 Å². The minimum absolute atomic E-state index is 0.0512. The van der Waals surface area contributed by atoms with Crippen molar-refractivity contribution in [3.05, 3.63) is 0 Å². The van der Waals surface area contributed by atoms with E-state index in [9.17, 15) is 20.1 Å². The van der Waals surface area contributed by atoms with Gasteiger partial charge in [-0.15, -0.1) is 0 Å². The summed E-state index contributed by atoms with van der Waals surface area (Å²) in [4.78, 5) is 10.4. The summed E-state index contributed by atoms with van der Waals surface area (Å²) < 4.78 is 11.2. The Morgan fingerprint density at radius 2 is 1.79 bits per heavy atom. The Kier molecular flexibility index (Phi) is 9.76. The second kappa shape index (κ2) is 11.0. The highest BCUT2D eigenvalue weighted by Crippen LogP contribution is 2.23. The number of hydrogen-bond acceptors (Lipinski definition) is 6. The molecule has 0 aromatic rings. The van der Waals surface area contributed by atoms with Crippen LogP contribution in [0.1, 0.15) is 65.2 Å². The van der Waals surface area contributed by atoms with Gasteiger partial charge in [0.1, 0.15) is 6.10 Å². The lowest BCUT2D eigenvalue weighted by Gasteiger charge is -2.36. The van der Waals surface area contributed by atoms with Crippen LogP contribution in [-0.2, 0) is 14.3 Å². The third-order valence-electron chi connectivity index (χ3n) is 4.36. The molecular weight excluding hydrogens is 316 g/mol. The molecule has 1 aliphatic heterocycles. The first-order valence-corrected chi connectivity index (χ1v) is 8.86. The number of unbranched alkanes of at least 4 members (excludes halogenated alkanes) is 3. The second-order valence-electron chi connectivity index (χ2n) is 6.77. The molecule has 0 aliphatic carbocycles. The van der Waals surface area contributed by atoms with E-state index in [0.29, 0.717) is 6.42 Å². The number of ether oxygens (including phenoxy) is 2. The van der Waals surface area contributed by atoms with Crippen molar-refractivity contribution in [3.8, 4) is 0 Å². The Bertz CT molecular complexity index is 363. The van der Waals surface area contributed by atoms with Crippen LogP contribution in [0, 0.1) is 0 Å². The highest BCUT2D eigenvalue weighted by Gasteiger charge is 2.35. The minimum atomic E-state index is -0.970. The zero-order chi connectivity index (χ0) is 18.1. The van der Waals surface area contributed by atoms with Gasteiger partial charge in [0.25, 0.3) is 0 Å². The molecule has 24 heavy (non-hydrogen) atoms. The summed E-state index contributed by atoms with van der Waals surface area (Å²) in [5.74, 6) is -0.970. The van der Waals surface area contributed by atoms with Crippen molar-refractivity contribution < 1.29 is 34.7 Å². The molecule has 0 aromatic heterocycles. The van der Waals surface area contributed by atoms with E-state index in [1.807, 2.05) is 6.92 Å². The zero-order valence-corrected chi connectivity index (χ0v) is 14.6. The SMILES string of the molecule is CC1O[C@@H](O[C@H](C)CCCCCCC(O)CC(=O)O)C(O)CC1O. The molecule has 4 N–H and O–H groups in total. The number of carboxylic acid groups (broad SMARTS) is 1. The van der Waals surface area contributed by atoms with Gasteiger partial charge in [-0.2, -0.15) is 0 Å². The van der Waals surface area contributed by atoms with Gasteiger partial charge in [-0.1, -0.05) is 25.7 Å². The first kappa shape index (κ1) is 21.3. The summed E-state index contributed by atoms with van der Waals surface area (Å²) in [6.45, 7) is 3.69. The molecule has 6 atom stereocenters. The van der Waals surface area contributed by atoms with Crippen LogP contribution in [0.2, 0.25) is 0 Å². The van der Waals surface area contributed by atoms with Crippen molar-refractivity contribution in [1.82, 2.24) is 0 Å². The van der Waals surface area contributed by atoms with Crippen LogP contribution in [0.3, 0.4) is 0 Å². The van der Waals surface area contributed by atoms with Crippen LogP contribution in [0.5, 0.6) is 0 Å². The van der Waals surface area contributed by atoms with Crippen LogP contribution < -0.4 is 0 Å². The molecule has 1 aliphatic rings. The normalized spacial score (nSPS) is 30.0. The monoisotopic (exact) mass is 348 g/mol. The first-order chi connectivity index (χ1) is 11.3. The number of carboxylic acids is 1. The Morgan fingerprint density at radius 3 is 2.42 bits per heavy atom. The van der Waals surface area contributed by atoms with E-state index in [-0.39, 0.29) is 25.0 Å². The number of rotatable bonds is 11. The lowest BCUT2D eigenvalue weighted by molar-refractivity contribution is -0.273. The fourth-order valence-corrected chi connectivity index (χ4v) is 2.83. The highest BCUT2D eigenvalue weighted by molar-refractivity contribution is 5.67. The van der Waals surface area contributed by atoms with Crippen molar-refractivity contribution in [2.75, 3.05) is 0 Å². The average Bonchev–Trinajstić information content (AvgIpc) is 2.47. The van der Waals surface area contributed by atoms with E-state index < -0.39 is 30.6 Å². The van der Waals surface area contributed by atoms with Crippen LogP contribution >= 0.6 is 0 Å². The molecule has 1 rings (SSSR count). The Labute approximate surface area is 143 Å². The fourth-order valence-electron chi connectivity index (χ4n) is 2.83. The lowest BCUT2D eigenvalue weighted by atomic mass is 10.0. The molecule has 4 unspecified atom stereocenters. The Balaban J connectivity index is 2.07. The van der Waals surface area contributed by atoms with Gasteiger partial charge in [0.2, 0.25) is 0 Å². The van der Waals surface area contributed by atoms with Gasteiger partial charge >= 0.3 is 5.97 Å². The van der Waals surface area contributed by atoms with E-state index >= 15 is 0 Å². The molecular formula is C17H32O7. The quantitative estimate of drug-likeness (QED) is 0.417. The van der Waals surface area contributed by atoms with Crippen molar-refractivity contribution >= 4 is 5.97 Å². The molecule has 1 heterocycles. The molecule has 0 spiro atoms. The maximum absolute atomic E-state index is 10.4. The maximum atomic E-state index is 10.4. The number of hydrogen-bond donors (Lipinski definition) is 4. The summed E-state index contributed by atoms with van der Waals surface area (Å²) in [6, 6.07) is 0. The standard InChI is InChI=1S/C17H32O7/c1-11(23-17-15(20)10-14(19)12(2)24-17)7-5-3-4-6-8-13(18)9-16(21)22/h11-15,17-20H,3-10H2,1-2H3,(H,21,22)/t11-,12?,13?,14?,15?,17-/m1/s1. The van der Waals surface area contributed by atoms with E-state index in [1.54, 1.807) is 6.92 Å². The minimum Gasteiger partial charge on any atom is -0.481 e. The van der Waals surface area contributed by atoms with Gasteiger partial charge in [-0.25, -0.2) is 0 Å². The van der Waals surface area contributed by atoms with Gasteiger partial charge in [0.15, 0.2) is 6.29 Å². The maximum Gasteiger partial charge on any atom is 0.305 e. The van der Waals surface area contributed by atoms with Crippen LogP contribution in [0.15, 0.2) is 0 Å². The number of aliphatic hydroxyl groups is 3. The van der Waals surface area contributed by atoms with E-state index in [2.05, 4.69) is 0 Å². The topological polar surface area (TPSA) is 116 Å². The Morgan fingerprint density at radius 1 is 1.17 bits per heavy atom. The molecule has 0 amide bonds. The Hall–Kier alpha value is -0.730. The number of carbonyl (C=O) groups is 1. The van der Waals surface area contributed by atoms with Crippen LogP contribution in [0.4, 0.5) is 0 Å². The third kappa shape index (κ3) is 8.39. The molecule has 1 saturated heterocycles. The second-order valence-corrected chi connectivity index (χ2v) is 6.77. The van der Waals surface area contributed by atoms with Gasteiger partial charge in [0.05, 0.1) is 30.8 Å². The van der Waals surface area contributed by atoms with E-state index in [4.69, 9.17) is 14.6 Å². The zero-order valence-electron chi connectivity index (χ0n) is 14.6. The molecule has 0 saturated carbocycles.